The van der Waals surface area contributed by atoms with Gasteiger partial charge in [0.05, 0.1) is 24.6 Å². The van der Waals surface area contributed by atoms with Crippen LogP contribution in [0.5, 0.6) is 0 Å². The molecule has 0 bridgehead atoms. The molecule has 1 heterocycles. The highest BCUT2D eigenvalue weighted by atomic mass is 32.2. The van der Waals surface area contributed by atoms with E-state index in [1.54, 1.807) is 6.92 Å². The van der Waals surface area contributed by atoms with E-state index in [-0.39, 0.29) is 41.1 Å². The Hall–Kier alpha value is -0.500. The van der Waals surface area contributed by atoms with Gasteiger partial charge in [0.25, 0.3) is 10.1 Å². The third kappa shape index (κ3) is 4.55. The number of nitrogens with zero attached hydrogens (tertiary/aromatic N) is 1. The lowest BCUT2D eigenvalue weighted by atomic mass is 9.44. The van der Waals surface area contributed by atoms with Crippen molar-refractivity contribution >= 4 is 15.9 Å². The molecule has 5 rings (SSSR count). The normalized spacial score (nSPS) is 50.7. The van der Waals surface area contributed by atoms with Crippen molar-refractivity contribution in [2.75, 3.05) is 19.3 Å². The molecular formula is C28H47NO5S. The lowest BCUT2D eigenvalue weighted by Gasteiger charge is -2.63. The number of Topliss-reactive ketones (excluding diaryl/α,β-unsaturated/α-hetero) is 1. The zero-order valence-corrected chi connectivity index (χ0v) is 23.5. The SMILES string of the molecule is CC(=O)[C@H]1CC[C@H]2[C@@H]3CC[C@@H]4C[C@@H](OS(C)(=O)=O)[C@H](N5C[C@H](C)O[C@@H](C)C5)C[C@]4(C)[C@H]3CC[C@]12C. The summed E-state index contributed by atoms with van der Waals surface area (Å²) in [4.78, 5) is 15.0. The van der Waals surface area contributed by atoms with Gasteiger partial charge in [-0.15, -0.1) is 0 Å². The Bertz CT molecular complexity index is 928. The van der Waals surface area contributed by atoms with Crippen molar-refractivity contribution in [3.05, 3.63) is 0 Å². The van der Waals surface area contributed by atoms with Gasteiger partial charge < -0.3 is 4.74 Å². The topological polar surface area (TPSA) is 72.9 Å². The van der Waals surface area contributed by atoms with Crippen molar-refractivity contribution in [2.45, 2.75) is 110 Å². The average Bonchev–Trinajstić information content (AvgIpc) is 3.09. The minimum atomic E-state index is -3.53. The summed E-state index contributed by atoms with van der Waals surface area (Å²) in [5.74, 6) is 3.12. The number of rotatable bonds is 4. The summed E-state index contributed by atoms with van der Waals surface area (Å²) in [7, 11) is -3.53. The van der Waals surface area contributed by atoms with Gasteiger partial charge in [0.2, 0.25) is 0 Å². The molecule has 4 aliphatic carbocycles. The van der Waals surface area contributed by atoms with E-state index in [4.69, 9.17) is 8.92 Å². The third-order valence-electron chi connectivity index (χ3n) is 11.4. The number of hydrogen-bond donors (Lipinski definition) is 0. The van der Waals surface area contributed by atoms with Crippen molar-refractivity contribution in [1.82, 2.24) is 4.90 Å². The molecule has 0 aromatic rings. The second kappa shape index (κ2) is 9.06. The van der Waals surface area contributed by atoms with E-state index in [2.05, 4.69) is 32.6 Å². The highest BCUT2D eigenvalue weighted by Crippen LogP contribution is 2.67. The first kappa shape index (κ1) is 26.1. The lowest BCUT2D eigenvalue weighted by Crippen LogP contribution is -2.62. The molecular weight excluding hydrogens is 462 g/mol. The first-order chi connectivity index (χ1) is 16.3. The molecule has 11 atom stereocenters. The van der Waals surface area contributed by atoms with E-state index >= 15 is 0 Å². The van der Waals surface area contributed by atoms with Gasteiger partial charge in [0.1, 0.15) is 5.78 Å². The summed E-state index contributed by atoms with van der Waals surface area (Å²) in [6.45, 7) is 12.6. The number of fused-ring (bicyclic) bond motifs is 5. The Labute approximate surface area is 213 Å². The predicted octanol–water partition coefficient (Wildman–Crippen LogP) is 4.67. The van der Waals surface area contributed by atoms with Crippen LogP contribution in [0.1, 0.15) is 86.0 Å². The fourth-order valence-electron chi connectivity index (χ4n) is 10.1. The molecule has 200 valence electrons. The van der Waals surface area contributed by atoms with Gasteiger partial charge in [-0.25, -0.2) is 0 Å². The van der Waals surface area contributed by atoms with Crippen molar-refractivity contribution in [3.63, 3.8) is 0 Å². The molecule has 0 radical (unpaired) electrons. The standard InChI is InChI=1S/C28H47NO5S/c1-17-15-29(16-18(2)33-17)25-14-28(5)20(13-26(25)34-35(6,31)32)7-8-21-23-10-9-22(19(3)30)27(23,4)12-11-24(21)28/h17-18,20-26H,7-16H2,1-6H3/t17-,18-,20+,21-,22+,23-,24-,25+,26+,27+,28-/m0/s1. The minimum absolute atomic E-state index is 0.0976. The lowest BCUT2D eigenvalue weighted by molar-refractivity contribution is -0.161. The van der Waals surface area contributed by atoms with Gasteiger partial charge in [0.15, 0.2) is 0 Å². The second-order valence-corrected chi connectivity index (χ2v) is 15.1. The van der Waals surface area contributed by atoms with Crippen LogP contribution in [0.15, 0.2) is 0 Å². The number of hydrogen-bond acceptors (Lipinski definition) is 6. The molecule has 1 aliphatic heterocycles. The molecule has 0 aromatic heterocycles. The third-order valence-corrected chi connectivity index (χ3v) is 12.0. The molecule has 5 fully saturated rings. The van der Waals surface area contributed by atoms with Gasteiger partial charge in [-0.2, -0.15) is 8.42 Å². The molecule has 6 nitrogen and oxygen atoms in total. The van der Waals surface area contributed by atoms with Crippen LogP contribution in [0.2, 0.25) is 0 Å². The second-order valence-electron chi connectivity index (χ2n) is 13.5. The van der Waals surface area contributed by atoms with E-state index in [0.717, 1.165) is 45.2 Å². The molecule has 7 heteroatoms. The van der Waals surface area contributed by atoms with Crippen LogP contribution < -0.4 is 0 Å². The van der Waals surface area contributed by atoms with Crippen LogP contribution in [-0.4, -0.2) is 62.8 Å². The van der Waals surface area contributed by atoms with Crippen molar-refractivity contribution < 1.29 is 22.1 Å². The van der Waals surface area contributed by atoms with Gasteiger partial charge in [-0.1, -0.05) is 13.8 Å². The van der Waals surface area contributed by atoms with E-state index in [1.807, 2.05) is 0 Å². The predicted molar refractivity (Wildman–Crippen MR) is 136 cm³/mol. The first-order valence-electron chi connectivity index (χ1n) is 14.1. The summed E-state index contributed by atoms with van der Waals surface area (Å²) in [5.41, 5.74) is 0.354. The van der Waals surface area contributed by atoms with Crippen LogP contribution in [0, 0.1) is 40.4 Å². The van der Waals surface area contributed by atoms with Crippen LogP contribution in [0.3, 0.4) is 0 Å². The maximum Gasteiger partial charge on any atom is 0.264 e. The molecule has 4 saturated carbocycles. The molecule has 5 aliphatic rings. The highest BCUT2D eigenvalue weighted by molar-refractivity contribution is 7.86. The Morgan fingerprint density at radius 3 is 2.26 bits per heavy atom. The fourth-order valence-corrected chi connectivity index (χ4v) is 10.8. The first-order valence-corrected chi connectivity index (χ1v) is 15.9. The minimum Gasteiger partial charge on any atom is -0.373 e. The van der Waals surface area contributed by atoms with E-state index < -0.39 is 10.1 Å². The summed E-state index contributed by atoms with van der Waals surface area (Å²) in [6.07, 6.45) is 10.0. The van der Waals surface area contributed by atoms with E-state index in [1.165, 1.54) is 25.5 Å². The summed E-state index contributed by atoms with van der Waals surface area (Å²) >= 11 is 0. The number of carbonyl (C=O) groups is 1. The number of morpholine rings is 1. The quantitative estimate of drug-likeness (QED) is 0.513. The molecule has 1 saturated heterocycles. The van der Waals surface area contributed by atoms with E-state index in [9.17, 15) is 13.2 Å². The zero-order chi connectivity index (χ0) is 25.3. The van der Waals surface area contributed by atoms with Crippen LogP contribution in [0.4, 0.5) is 0 Å². The van der Waals surface area contributed by atoms with Crippen LogP contribution >= 0.6 is 0 Å². The highest BCUT2D eigenvalue weighted by Gasteiger charge is 2.62. The largest absolute Gasteiger partial charge is 0.373 e. The van der Waals surface area contributed by atoms with Gasteiger partial charge in [-0.05, 0) is 107 Å². The monoisotopic (exact) mass is 509 g/mol. The Balaban J connectivity index is 1.44. The maximum atomic E-state index is 12.5. The molecule has 0 unspecified atom stereocenters. The summed E-state index contributed by atoms with van der Waals surface area (Å²) < 4.78 is 36.4. The molecule has 35 heavy (non-hydrogen) atoms. The van der Waals surface area contributed by atoms with Crippen molar-refractivity contribution in [3.8, 4) is 0 Å². The smallest absolute Gasteiger partial charge is 0.264 e. The average molecular weight is 510 g/mol. The van der Waals surface area contributed by atoms with Gasteiger partial charge in [-0.3, -0.25) is 13.9 Å². The van der Waals surface area contributed by atoms with Crippen molar-refractivity contribution in [2.24, 2.45) is 40.4 Å². The summed E-state index contributed by atoms with van der Waals surface area (Å²) in [5, 5.41) is 0. The number of ether oxygens (including phenoxy) is 1. The van der Waals surface area contributed by atoms with Crippen molar-refractivity contribution in [1.29, 1.82) is 0 Å². The Kier molecular flexibility index (Phi) is 6.76. The molecule has 0 spiro atoms. The zero-order valence-electron chi connectivity index (χ0n) is 22.7. The van der Waals surface area contributed by atoms with Crippen LogP contribution in [-0.2, 0) is 23.8 Å². The molecule has 0 N–H and O–H groups in total. The molecule has 0 aromatic carbocycles. The van der Waals surface area contributed by atoms with Gasteiger partial charge >= 0.3 is 0 Å². The summed E-state index contributed by atoms with van der Waals surface area (Å²) in [6, 6.07) is 0.0976. The number of carbonyl (C=O) groups excluding carboxylic acids is 1. The van der Waals surface area contributed by atoms with Crippen LogP contribution in [0.25, 0.3) is 0 Å². The Morgan fingerprint density at radius 1 is 0.971 bits per heavy atom. The number of ketones is 1. The maximum absolute atomic E-state index is 12.5. The van der Waals surface area contributed by atoms with Gasteiger partial charge in [0, 0.05) is 25.0 Å². The van der Waals surface area contributed by atoms with E-state index in [0.29, 0.717) is 29.5 Å². The Morgan fingerprint density at radius 2 is 1.63 bits per heavy atom. The molecule has 0 amide bonds. The fraction of sp³-hybridized carbons (Fsp3) is 0.964.